The molecule has 2 aromatic carbocycles. The highest BCUT2D eigenvalue weighted by molar-refractivity contribution is 7.80. The molecule has 2 amide bonds. The van der Waals surface area contributed by atoms with Gasteiger partial charge in [-0.25, -0.2) is 9.78 Å². The molecule has 214 valence electrons. The minimum absolute atomic E-state index is 0.0750. The van der Waals surface area contributed by atoms with E-state index in [1.807, 2.05) is 48.7 Å². The normalized spacial score (nSPS) is 12.6. The van der Waals surface area contributed by atoms with Crippen LogP contribution in [0.5, 0.6) is 0 Å². The third kappa shape index (κ3) is 8.71. The first-order chi connectivity index (χ1) is 19.2. The number of carbonyl (C=O) groups excluding carboxylic acids is 2. The van der Waals surface area contributed by atoms with E-state index in [1.54, 1.807) is 30.5 Å². The maximum absolute atomic E-state index is 13.7. The van der Waals surface area contributed by atoms with E-state index in [0.717, 1.165) is 36.2 Å². The molecule has 0 radical (unpaired) electrons. The summed E-state index contributed by atoms with van der Waals surface area (Å²) >= 11 is 4.35. The summed E-state index contributed by atoms with van der Waals surface area (Å²) in [5.41, 5.74) is 2.55. The van der Waals surface area contributed by atoms with Gasteiger partial charge in [-0.2, -0.15) is 12.6 Å². The average molecular weight is 565 g/mol. The zero-order valence-electron chi connectivity index (χ0n) is 23.5. The first-order valence-corrected chi connectivity index (χ1v) is 14.5. The summed E-state index contributed by atoms with van der Waals surface area (Å²) in [6, 6.07) is 16.1. The molecule has 3 aromatic rings. The Labute approximate surface area is 242 Å². The molecule has 40 heavy (non-hydrogen) atoms. The molecular formula is C31H40N4O4S. The van der Waals surface area contributed by atoms with Crippen LogP contribution in [0.15, 0.2) is 60.8 Å². The van der Waals surface area contributed by atoms with Crippen molar-refractivity contribution in [2.45, 2.75) is 59.0 Å². The molecule has 0 aliphatic heterocycles. The quantitative estimate of drug-likeness (QED) is 0.201. The SMILES string of the molecule is CCCCc1ncc(C(=O)NC(CNC(=O)C(CS)C(C)C)Cc2ccccc2)n1Cc1ccc(C(=O)O)cc1. The number of amides is 2. The van der Waals surface area contributed by atoms with Gasteiger partial charge in [0.05, 0.1) is 17.8 Å². The highest BCUT2D eigenvalue weighted by Crippen LogP contribution is 2.16. The van der Waals surface area contributed by atoms with Crippen LogP contribution in [0.3, 0.4) is 0 Å². The number of imidazole rings is 1. The molecule has 0 spiro atoms. The Bertz CT molecular complexity index is 1260. The van der Waals surface area contributed by atoms with Gasteiger partial charge in [0.1, 0.15) is 11.5 Å². The minimum atomic E-state index is -0.983. The maximum Gasteiger partial charge on any atom is 0.335 e. The average Bonchev–Trinajstić information content (AvgIpc) is 3.33. The number of unbranched alkanes of at least 4 members (excludes halogenated alkanes) is 1. The summed E-state index contributed by atoms with van der Waals surface area (Å²) in [5.74, 6) is -0.145. The lowest BCUT2D eigenvalue weighted by atomic mass is 9.96. The van der Waals surface area contributed by atoms with Crippen molar-refractivity contribution in [2.75, 3.05) is 12.3 Å². The Morgan fingerprint density at radius 2 is 1.73 bits per heavy atom. The van der Waals surface area contributed by atoms with E-state index in [9.17, 15) is 19.5 Å². The largest absolute Gasteiger partial charge is 0.478 e. The third-order valence-electron chi connectivity index (χ3n) is 6.99. The number of thiol groups is 1. The highest BCUT2D eigenvalue weighted by atomic mass is 32.1. The van der Waals surface area contributed by atoms with Crippen molar-refractivity contribution in [1.29, 1.82) is 0 Å². The Morgan fingerprint density at radius 3 is 2.33 bits per heavy atom. The summed E-state index contributed by atoms with van der Waals surface area (Å²) in [6.07, 6.45) is 4.79. The number of aromatic nitrogens is 2. The van der Waals surface area contributed by atoms with Crippen LogP contribution in [-0.2, 0) is 24.2 Å². The molecule has 2 unspecified atom stereocenters. The molecule has 9 heteroatoms. The molecule has 2 atom stereocenters. The number of nitrogens with one attached hydrogen (secondary N) is 2. The minimum Gasteiger partial charge on any atom is -0.478 e. The van der Waals surface area contributed by atoms with Crippen LogP contribution in [0.25, 0.3) is 0 Å². The first kappa shape index (κ1) is 30.9. The van der Waals surface area contributed by atoms with Gasteiger partial charge in [0.2, 0.25) is 5.91 Å². The third-order valence-corrected chi connectivity index (χ3v) is 7.38. The standard InChI is InChI=1S/C31H40N4O4S/c1-4-5-11-28-32-18-27(35(28)19-23-12-14-24(15-13-23)31(38)39)30(37)34-25(16-22-9-7-6-8-10-22)17-33-29(36)26(20-40)21(2)3/h6-10,12-15,18,21,25-26,40H,4-5,11,16-17,19-20H2,1-3H3,(H,33,36)(H,34,37)(H,38,39). The molecule has 0 aliphatic carbocycles. The molecule has 0 fully saturated rings. The topological polar surface area (TPSA) is 113 Å². The zero-order valence-corrected chi connectivity index (χ0v) is 24.4. The van der Waals surface area contributed by atoms with Crippen LogP contribution in [0.4, 0.5) is 0 Å². The number of benzene rings is 2. The lowest BCUT2D eigenvalue weighted by molar-refractivity contribution is -0.125. The van der Waals surface area contributed by atoms with Crippen molar-refractivity contribution in [3.8, 4) is 0 Å². The van der Waals surface area contributed by atoms with Crippen LogP contribution in [0, 0.1) is 11.8 Å². The van der Waals surface area contributed by atoms with Gasteiger partial charge >= 0.3 is 5.97 Å². The van der Waals surface area contributed by atoms with Crippen molar-refractivity contribution in [3.05, 3.63) is 89.0 Å². The van der Waals surface area contributed by atoms with Crippen LogP contribution in [0.1, 0.15) is 71.4 Å². The molecule has 0 bridgehead atoms. The number of rotatable bonds is 15. The van der Waals surface area contributed by atoms with E-state index in [2.05, 4.69) is 35.2 Å². The van der Waals surface area contributed by atoms with Crippen LogP contribution in [-0.4, -0.2) is 50.8 Å². The molecule has 1 aromatic heterocycles. The van der Waals surface area contributed by atoms with Crippen molar-refractivity contribution in [3.63, 3.8) is 0 Å². The van der Waals surface area contributed by atoms with E-state index in [1.165, 1.54) is 0 Å². The van der Waals surface area contributed by atoms with Crippen molar-refractivity contribution in [2.24, 2.45) is 11.8 Å². The molecule has 1 heterocycles. The van der Waals surface area contributed by atoms with E-state index in [0.29, 0.717) is 24.4 Å². The zero-order chi connectivity index (χ0) is 29.1. The van der Waals surface area contributed by atoms with Gasteiger partial charge < -0.3 is 20.3 Å². The summed E-state index contributed by atoms with van der Waals surface area (Å²) < 4.78 is 1.90. The predicted octanol–water partition coefficient (Wildman–Crippen LogP) is 4.63. The number of hydrogen-bond donors (Lipinski definition) is 4. The summed E-state index contributed by atoms with van der Waals surface area (Å²) in [6.45, 7) is 6.77. The Hall–Kier alpha value is -3.59. The van der Waals surface area contributed by atoms with E-state index < -0.39 is 5.97 Å². The number of aryl methyl sites for hydroxylation is 1. The molecule has 8 nitrogen and oxygen atoms in total. The van der Waals surface area contributed by atoms with Crippen LogP contribution in [0.2, 0.25) is 0 Å². The molecule has 0 saturated heterocycles. The van der Waals surface area contributed by atoms with Gasteiger partial charge in [-0.1, -0.05) is 69.7 Å². The number of hydrogen-bond acceptors (Lipinski definition) is 5. The molecule has 0 saturated carbocycles. The Morgan fingerprint density at radius 1 is 1.02 bits per heavy atom. The van der Waals surface area contributed by atoms with Crippen LogP contribution < -0.4 is 10.6 Å². The second-order valence-corrected chi connectivity index (χ2v) is 10.8. The van der Waals surface area contributed by atoms with Gasteiger partial charge in [0, 0.05) is 31.2 Å². The second kappa shape index (κ2) is 15.3. The maximum atomic E-state index is 13.7. The molecule has 3 rings (SSSR count). The van der Waals surface area contributed by atoms with Gasteiger partial charge in [-0.3, -0.25) is 9.59 Å². The van der Waals surface area contributed by atoms with Crippen molar-refractivity contribution >= 4 is 30.4 Å². The van der Waals surface area contributed by atoms with E-state index >= 15 is 0 Å². The Balaban J connectivity index is 1.83. The highest BCUT2D eigenvalue weighted by Gasteiger charge is 2.24. The number of nitrogens with zero attached hydrogens (tertiary/aromatic N) is 2. The number of carboxylic acids is 1. The van der Waals surface area contributed by atoms with Gasteiger partial charge in [-0.15, -0.1) is 0 Å². The lowest BCUT2D eigenvalue weighted by Gasteiger charge is -2.23. The number of carbonyl (C=O) groups is 3. The van der Waals surface area contributed by atoms with Gasteiger partial charge in [-0.05, 0) is 42.0 Å². The van der Waals surface area contributed by atoms with E-state index in [4.69, 9.17) is 0 Å². The number of carboxylic acid groups (broad SMARTS) is 1. The molecule has 3 N–H and O–H groups in total. The second-order valence-electron chi connectivity index (χ2n) is 10.4. The van der Waals surface area contributed by atoms with Gasteiger partial charge in [0.25, 0.3) is 5.91 Å². The summed E-state index contributed by atoms with van der Waals surface area (Å²) in [7, 11) is 0. The first-order valence-electron chi connectivity index (χ1n) is 13.8. The smallest absolute Gasteiger partial charge is 0.335 e. The fraction of sp³-hybridized carbons (Fsp3) is 0.419. The fourth-order valence-corrected chi connectivity index (χ4v) is 5.11. The Kier molecular flexibility index (Phi) is 11.8. The van der Waals surface area contributed by atoms with Crippen molar-refractivity contribution < 1.29 is 19.5 Å². The monoisotopic (exact) mass is 564 g/mol. The predicted molar refractivity (Wildman–Crippen MR) is 160 cm³/mol. The van der Waals surface area contributed by atoms with Crippen LogP contribution >= 0.6 is 12.6 Å². The lowest BCUT2D eigenvalue weighted by Crippen LogP contribution is -2.47. The number of aromatic carboxylic acids is 1. The van der Waals surface area contributed by atoms with Crippen molar-refractivity contribution in [1.82, 2.24) is 20.2 Å². The molecule has 0 aliphatic rings. The van der Waals surface area contributed by atoms with E-state index in [-0.39, 0.29) is 41.8 Å². The fourth-order valence-electron chi connectivity index (χ4n) is 4.52. The van der Waals surface area contributed by atoms with Gasteiger partial charge in [0.15, 0.2) is 0 Å². The summed E-state index contributed by atoms with van der Waals surface area (Å²) in [5, 5.41) is 15.4. The molecular weight excluding hydrogens is 524 g/mol. The summed E-state index contributed by atoms with van der Waals surface area (Å²) in [4.78, 5) is 42.3.